The SMILES string of the molecule is COC(=O)C(C)(CC(C)(C)C(=O)OCCOC(=O)CCCC(=O)N1C(=O)c2ccccc2S1(=O)=O)CC(C)(C)C(=O)OC1CC2CCC1C2(C)C. The van der Waals surface area contributed by atoms with Crippen molar-refractivity contribution in [2.45, 2.75) is 111 Å². The van der Waals surface area contributed by atoms with Crippen molar-refractivity contribution in [3.63, 3.8) is 0 Å². The maximum atomic E-state index is 13.5. The Balaban J connectivity index is 1.23. The number of methoxy groups -OCH3 is 1. The molecule has 4 unspecified atom stereocenters. The zero-order chi connectivity index (χ0) is 38.2. The molecule has 2 saturated carbocycles. The highest BCUT2D eigenvalue weighted by Gasteiger charge is 2.56. The van der Waals surface area contributed by atoms with Crippen molar-refractivity contribution in [3.05, 3.63) is 29.8 Å². The smallest absolute Gasteiger partial charge is 0.311 e. The van der Waals surface area contributed by atoms with Crippen LogP contribution in [0.25, 0.3) is 0 Å². The number of hydrogen-bond donors (Lipinski definition) is 0. The van der Waals surface area contributed by atoms with Crippen molar-refractivity contribution < 1.29 is 56.1 Å². The summed E-state index contributed by atoms with van der Waals surface area (Å²) in [5.74, 6) is -3.39. The summed E-state index contributed by atoms with van der Waals surface area (Å²) in [5, 5.41) is 0. The zero-order valence-electron chi connectivity index (χ0n) is 30.9. The van der Waals surface area contributed by atoms with Gasteiger partial charge < -0.3 is 18.9 Å². The molecule has 4 atom stereocenters. The Labute approximate surface area is 300 Å². The van der Waals surface area contributed by atoms with Crippen molar-refractivity contribution in [2.24, 2.45) is 33.5 Å². The minimum Gasteiger partial charge on any atom is -0.469 e. The highest BCUT2D eigenvalue weighted by atomic mass is 32.2. The molecular formula is C37H51NO12S. The lowest BCUT2D eigenvalue weighted by Crippen LogP contribution is -2.44. The molecule has 0 spiro atoms. The Bertz CT molecular complexity index is 1680. The number of carbonyl (C=O) groups is 6. The third kappa shape index (κ3) is 8.15. The van der Waals surface area contributed by atoms with Crippen LogP contribution in [0.4, 0.5) is 0 Å². The molecule has 0 aromatic heterocycles. The number of amides is 2. The molecule has 2 fully saturated rings. The number of fused-ring (bicyclic) bond motifs is 3. The number of esters is 4. The van der Waals surface area contributed by atoms with E-state index in [2.05, 4.69) is 13.8 Å². The number of nitrogens with zero attached hydrogens (tertiary/aromatic N) is 1. The summed E-state index contributed by atoms with van der Waals surface area (Å²) in [6.45, 7) is 12.3. The molecule has 4 rings (SSSR count). The predicted molar refractivity (Wildman–Crippen MR) is 182 cm³/mol. The maximum absolute atomic E-state index is 13.5. The number of carbonyl (C=O) groups excluding carboxylic acids is 6. The lowest BCUT2D eigenvalue weighted by molar-refractivity contribution is -0.171. The van der Waals surface area contributed by atoms with Crippen LogP contribution in [0.15, 0.2) is 29.2 Å². The fourth-order valence-electron chi connectivity index (χ4n) is 8.41. The summed E-state index contributed by atoms with van der Waals surface area (Å²) in [5.41, 5.74) is -3.47. The summed E-state index contributed by atoms with van der Waals surface area (Å²) in [7, 11) is -3.05. The minimum atomic E-state index is -4.30. The second-order valence-electron chi connectivity index (χ2n) is 16.2. The van der Waals surface area contributed by atoms with Gasteiger partial charge in [0, 0.05) is 18.8 Å². The monoisotopic (exact) mass is 733 g/mol. The molecule has 14 heteroatoms. The summed E-state index contributed by atoms with van der Waals surface area (Å²) in [6.07, 6.45) is 2.21. The van der Waals surface area contributed by atoms with E-state index in [1.165, 1.54) is 31.4 Å². The van der Waals surface area contributed by atoms with Gasteiger partial charge in [0.05, 0.1) is 28.9 Å². The van der Waals surface area contributed by atoms with Gasteiger partial charge in [-0.15, -0.1) is 0 Å². The van der Waals surface area contributed by atoms with Gasteiger partial charge in [-0.1, -0.05) is 26.0 Å². The van der Waals surface area contributed by atoms with Crippen LogP contribution >= 0.6 is 0 Å². The van der Waals surface area contributed by atoms with E-state index in [9.17, 15) is 37.2 Å². The van der Waals surface area contributed by atoms with Crippen LogP contribution in [-0.4, -0.2) is 74.8 Å². The first kappa shape index (κ1) is 40.0. The molecule has 282 valence electrons. The fraction of sp³-hybridized carbons (Fsp3) is 0.676. The number of hydrogen-bond acceptors (Lipinski definition) is 12. The quantitative estimate of drug-likeness (QED) is 0.134. The number of benzene rings is 1. The van der Waals surface area contributed by atoms with Crippen molar-refractivity contribution in [3.8, 4) is 0 Å². The van der Waals surface area contributed by atoms with E-state index >= 15 is 0 Å². The molecule has 1 aromatic rings. The first-order valence-electron chi connectivity index (χ1n) is 17.4. The first-order valence-corrected chi connectivity index (χ1v) is 18.9. The second-order valence-corrected chi connectivity index (χ2v) is 18.0. The first-order chi connectivity index (χ1) is 23.6. The van der Waals surface area contributed by atoms with Crippen LogP contribution < -0.4 is 0 Å². The van der Waals surface area contributed by atoms with Gasteiger partial charge in [-0.25, -0.2) is 8.42 Å². The molecule has 3 aliphatic rings. The van der Waals surface area contributed by atoms with E-state index < -0.39 is 62.0 Å². The van der Waals surface area contributed by atoms with E-state index in [1.54, 1.807) is 34.6 Å². The highest BCUT2D eigenvalue weighted by Crippen LogP contribution is 2.58. The number of rotatable bonds is 15. The van der Waals surface area contributed by atoms with Gasteiger partial charge in [0.1, 0.15) is 24.2 Å². The predicted octanol–water partition coefficient (Wildman–Crippen LogP) is 4.99. The molecule has 0 radical (unpaired) electrons. The Morgan fingerprint density at radius 1 is 0.863 bits per heavy atom. The van der Waals surface area contributed by atoms with Gasteiger partial charge in [0.25, 0.3) is 15.9 Å². The normalized spacial score (nSPS) is 22.9. The Hall–Kier alpha value is -3.81. The number of ether oxygens (including phenoxy) is 4. The van der Waals surface area contributed by atoms with Gasteiger partial charge in [-0.3, -0.25) is 28.8 Å². The van der Waals surface area contributed by atoms with Gasteiger partial charge in [0.2, 0.25) is 5.91 Å². The summed E-state index contributed by atoms with van der Waals surface area (Å²) in [6, 6.07) is 5.52. The van der Waals surface area contributed by atoms with Gasteiger partial charge in [-0.2, -0.15) is 4.31 Å². The van der Waals surface area contributed by atoms with Gasteiger partial charge in [-0.05, 0) is 96.6 Å². The summed E-state index contributed by atoms with van der Waals surface area (Å²) >= 11 is 0. The Morgan fingerprint density at radius 3 is 2.04 bits per heavy atom. The molecule has 2 bridgehead atoms. The molecule has 1 aliphatic heterocycles. The van der Waals surface area contributed by atoms with Crippen molar-refractivity contribution >= 4 is 45.7 Å². The number of imide groups is 1. The van der Waals surface area contributed by atoms with Crippen LogP contribution in [0.5, 0.6) is 0 Å². The molecular weight excluding hydrogens is 682 g/mol. The van der Waals surface area contributed by atoms with Gasteiger partial charge >= 0.3 is 23.9 Å². The summed E-state index contributed by atoms with van der Waals surface area (Å²) in [4.78, 5) is 77.0. The van der Waals surface area contributed by atoms with Crippen molar-refractivity contribution in [2.75, 3.05) is 20.3 Å². The zero-order valence-corrected chi connectivity index (χ0v) is 31.7. The van der Waals surface area contributed by atoms with E-state index in [4.69, 9.17) is 18.9 Å². The third-order valence-corrected chi connectivity index (χ3v) is 12.7. The molecule has 51 heavy (non-hydrogen) atoms. The van der Waals surface area contributed by atoms with E-state index in [0.717, 1.165) is 19.3 Å². The average molecular weight is 734 g/mol. The fourth-order valence-corrected chi connectivity index (χ4v) is 9.97. The molecule has 2 aliphatic carbocycles. The standard InChI is InChI=1S/C37H51NO12S/c1-34(2,21-37(7,33(44)47-8)22-35(3,4)32(43)50-26-20-23-16-17-25(26)36(23,5)6)31(42)49-19-18-48-29(40)15-11-14-28(39)38-30(41)24-12-9-10-13-27(24)51(38,45)46/h9-10,12-13,23,25-26H,11,14-22H2,1-8H3. The molecule has 13 nitrogen and oxygen atoms in total. The van der Waals surface area contributed by atoms with Crippen molar-refractivity contribution in [1.29, 1.82) is 0 Å². The van der Waals surface area contributed by atoms with Crippen LogP contribution in [0.2, 0.25) is 0 Å². The molecule has 0 saturated heterocycles. The van der Waals surface area contributed by atoms with E-state index in [0.29, 0.717) is 11.8 Å². The lowest BCUT2D eigenvalue weighted by Gasteiger charge is -2.39. The minimum absolute atomic E-state index is 0.00247. The third-order valence-electron chi connectivity index (χ3n) is 10.9. The molecule has 0 N–H and O–H groups in total. The van der Waals surface area contributed by atoms with Crippen molar-refractivity contribution in [1.82, 2.24) is 4.31 Å². The molecule has 1 heterocycles. The maximum Gasteiger partial charge on any atom is 0.311 e. The van der Waals surface area contributed by atoms with E-state index in [1.807, 2.05) is 0 Å². The Kier molecular flexibility index (Phi) is 11.5. The van der Waals surface area contributed by atoms with Crippen LogP contribution in [-0.2, 0) is 52.9 Å². The second kappa shape index (κ2) is 14.7. The topological polar surface area (TPSA) is 177 Å². The van der Waals surface area contributed by atoms with E-state index in [-0.39, 0.29) is 71.6 Å². The molecule has 1 aromatic carbocycles. The molecule has 2 amide bonds. The van der Waals surface area contributed by atoms with Crippen LogP contribution in [0.3, 0.4) is 0 Å². The van der Waals surface area contributed by atoms with Crippen LogP contribution in [0.1, 0.15) is 110 Å². The van der Waals surface area contributed by atoms with Gasteiger partial charge in [0.15, 0.2) is 0 Å². The number of sulfonamides is 1. The lowest BCUT2D eigenvalue weighted by atomic mass is 9.66. The van der Waals surface area contributed by atoms with Crippen LogP contribution in [0, 0.1) is 33.5 Å². The largest absolute Gasteiger partial charge is 0.469 e. The average Bonchev–Trinajstić information content (AvgIpc) is 3.55. The highest BCUT2D eigenvalue weighted by molar-refractivity contribution is 7.90. The Morgan fingerprint density at radius 2 is 1.47 bits per heavy atom. The summed E-state index contributed by atoms with van der Waals surface area (Å²) < 4.78 is 47.2.